The van der Waals surface area contributed by atoms with Gasteiger partial charge in [-0.2, -0.15) is 0 Å². The SMILES string of the molecule is CCNC(=NCc1ccccc1F)NCC(c1ccccc1)N1CCOCC1.I. The van der Waals surface area contributed by atoms with Gasteiger partial charge in [0.2, 0.25) is 0 Å². The molecule has 1 heterocycles. The summed E-state index contributed by atoms with van der Waals surface area (Å²) >= 11 is 0. The van der Waals surface area contributed by atoms with E-state index in [4.69, 9.17) is 4.74 Å². The number of nitrogens with zero attached hydrogens (tertiary/aromatic N) is 2. The lowest BCUT2D eigenvalue weighted by atomic mass is 10.0. The molecule has 5 nitrogen and oxygen atoms in total. The van der Waals surface area contributed by atoms with Crippen molar-refractivity contribution in [2.45, 2.75) is 19.5 Å². The molecule has 0 saturated carbocycles. The van der Waals surface area contributed by atoms with Gasteiger partial charge in [-0.15, -0.1) is 24.0 Å². The Bertz CT molecular complexity index is 753. The average Bonchev–Trinajstić information content (AvgIpc) is 2.74. The monoisotopic (exact) mass is 512 g/mol. The zero-order valence-corrected chi connectivity index (χ0v) is 19.1. The highest BCUT2D eigenvalue weighted by Gasteiger charge is 2.22. The highest BCUT2D eigenvalue weighted by Crippen LogP contribution is 2.21. The summed E-state index contributed by atoms with van der Waals surface area (Å²) < 4.78 is 19.4. The molecule has 0 spiro atoms. The van der Waals surface area contributed by atoms with Gasteiger partial charge in [-0.1, -0.05) is 48.5 Å². The Hall–Kier alpha value is -1.71. The van der Waals surface area contributed by atoms with E-state index in [0.29, 0.717) is 24.6 Å². The maximum atomic E-state index is 13.9. The standard InChI is InChI=1S/C22H29FN4O.HI/c1-2-24-22(25-16-19-10-6-7-11-20(19)23)26-17-21(18-8-4-3-5-9-18)27-12-14-28-15-13-27;/h3-11,21H,2,12-17H2,1H3,(H2,24,25,26);1H. The van der Waals surface area contributed by atoms with Gasteiger partial charge in [0.05, 0.1) is 25.8 Å². The van der Waals surface area contributed by atoms with Crippen LogP contribution in [0.25, 0.3) is 0 Å². The minimum Gasteiger partial charge on any atom is -0.379 e. The van der Waals surface area contributed by atoms with Crippen LogP contribution in [-0.4, -0.2) is 50.3 Å². The van der Waals surface area contributed by atoms with E-state index in [2.05, 4.69) is 44.8 Å². The van der Waals surface area contributed by atoms with Crippen LogP contribution in [-0.2, 0) is 11.3 Å². The lowest BCUT2D eigenvalue weighted by molar-refractivity contribution is 0.0170. The number of morpholine rings is 1. The highest BCUT2D eigenvalue weighted by atomic mass is 127. The maximum absolute atomic E-state index is 13.9. The largest absolute Gasteiger partial charge is 0.379 e. The molecular weight excluding hydrogens is 482 g/mol. The number of nitrogens with one attached hydrogen (secondary N) is 2. The summed E-state index contributed by atoms with van der Waals surface area (Å²) in [6.45, 7) is 7.11. The number of aliphatic imine (C=N–C) groups is 1. The number of hydrogen-bond acceptors (Lipinski definition) is 3. The minimum absolute atomic E-state index is 0. The Labute approximate surface area is 189 Å². The molecule has 7 heteroatoms. The maximum Gasteiger partial charge on any atom is 0.191 e. The van der Waals surface area contributed by atoms with Crippen molar-refractivity contribution < 1.29 is 9.13 Å². The molecule has 1 saturated heterocycles. The van der Waals surface area contributed by atoms with Crippen LogP contribution in [0.4, 0.5) is 4.39 Å². The van der Waals surface area contributed by atoms with E-state index >= 15 is 0 Å². The number of rotatable bonds is 7. The molecule has 2 aromatic rings. The molecule has 158 valence electrons. The molecule has 0 amide bonds. The summed E-state index contributed by atoms with van der Waals surface area (Å²) in [5, 5.41) is 6.70. The molecule has 29 heavy (non-hydrogen) atoms. The lowest BCUT2D eigenvalue weighted by Gasteiger charge is -2.35. The van der Waals surface area contributed by atoms with Gasteiger partial charge in [0.25, 0.3) is 0 Å². The first-order chi connectivity index (χ1) is 13.8. The molecule has 3 rings (SSSR count). The normalized spacial score (nSPS) is 16.0. The van der Waals surface area contributed by atoms with Crippen molar-refractivity contribution in [1.82, 2.24) is 15.5 Å². The number of hydrogen-bond donors (Lipinski definition) is 2. The van der Waals surface area contributed by atoms with Gasteiger partial charge in [-0.25, -0.2) is 9.38 Å². The van der Waals surface area contributed by atoms with E-state index in [1.165, 1.54) is 11.6 Å². The topological polar surface area (TPSA) is 48.9 Å². The van der Waals surface area contributed by atoms with Crippen LogP contribution in [0.15, 0.2) is 59.6 Å². The van der Waals surface area contributed by atoms with Gasteiger partial charge >= 0.3 is 0 Å². The molecule has 1 unspecified atom stereocenters. The van der Waals surface area contributed by atoms with Crippen LogP contribution in [0, 0.1) is 5.82 Å². The van der Waals surface area contributed by atoms with Crippen molar-refractivity contribution in [2.75, 3.05) is 39.4 Å². The van der Waals surface area contributed by atoms with Crippen molar-refractivity contribution >= 4 is 29.9 Å². The lowest BCUT2D eigenvalue weighted by Crippen LogP contribution is -2.46. The predicted molar refractivity (Wildman–Crippen MR) is 126 cm³/mol. The Balaban J connectivity index is 0.00000300. The van der Waals surface area contributed by atoms with Gasteiger partial charge in [-0.3, -0.25) is 4.90 Å². The predicted octanol–water partition coefficient (Wildman–Crippen LogP) is 3.57. The number of halogens is 2. The average molecular weight is 512 g/mol. The quantitative estimate of drug-likeness (QED) is 0.339. The second-order valence-corrected chi connectivity index (χ2v) is 6.74. The fourth-order valence-corrected chi connectivity index (χ4v) is 3.35. The van der Waals surface area contributed by atoms with E-state index in [9.17, 15) is 4.39 Å². The van der Waals surface area contributed by atoms with Crippen LogP contribution in [0.5, 0.6) is 0 Å². The Kier molecular flexibility index (Phi) is 10.4. The van der Waals surface area contributed by atoms with Gasteiger partial charge in [0, 0.05) is 31.7 Å². The van der Waals surface area contributed by atoms with E-state index in [-0.39, 0.29) is 35.8 Å². The van der Waals surface area contributed by atoms with Crippen molar-refractivity contribution in [3.63, 3.8) is 0 Å². The first kappa shape index (κ1) is 23.6. The minimum atomic E-state index is -0.224. The zero-order valence-electron chi connectivity index (χ0n) is 16.8. The zero-order chi connectivity index (χ0) is 19.6. The molecule has 0 bridgehead atoms. The van der Waals surface area contributed by atoms with Crippen LogP contribution >= 0.6 is 24.0 Å². The number of ether oxygens (including phenoxy) is 1. The Morgan fingerprint density at radius 1 is 1.07 bits per heavy atom. The van der Waals surface area contributed by atoms with Gasteiger partial charge in [0.1, 0.15) is 5.82 Å². The Morgan fingerprint density at radius 3 is 2.45 bits per heavy atom. The third-order valence-electron chi connectivity index (χ3n) is 4.84. The van der Waals surface area contributed by atoms with Crippen molar-refractivity contribution in [3.05, 3.63) is 71.5 Å². The number of benzene rings is 2. The molecule has 0 radical (unpaired) electrons. The molecule has 2 aromatic carbocycles. The highest BCUT2D eigenvalue weighted by molar-refractivity contribution is 14.0. The summed E-state index contributed by atoms with van der Waals surface area (Å²) in [5.74, 6) is 0.470. The third kappa shape index (κ3) is 7.24. The van der Waals surface area contributed by atoms with Gasteiger partial charge in [-0.05, 0) is 18.6 Å². The fraction of sp³-hybridized carbons (Fsp3) is 0.409. The molecule has 1 atom stereocenters. The molecular formula is C22H30FIN4O. The summed E-state index contributed by atoms with van der Waals surface area (Å²) in [6.07, 6.45) is 0. The van der Waals surface area contributed by atoms with Crippen LogP contribution in [0.1, 0.15) is 24.1 Å². The number of guanidine groups is 1. The second-order valence-electron chi connectivity index (χ2n) is 6.74. The third-order valence-corrected chi connectivity index (χ3v) is 4.84. The van der Waals surface area contributed by atoms with E-state index < -0.39 is 0 Å². The second kappa shape index (κ2) is 12.8. The molecule has 0 aromatic heterocycles. The van der Waals surface area contributed by atoms with Crippen LogP contribution in [0.2, 0.25) is 0 Å². The Morgan fingerprint density at radius 2 is 1.76 bits per heavy atom. The fourth-order valence-electron chi connectivity index (χ4n) is 3.35. The van der Waals surface area contributed by atoms with Crippen molar-refractivity contribution in [3.8, 4) is 0 Å². The molecule has 0 aliphatic carbocycles. The molecule has 1 aliphatic rings. The van der Waals surface area contributed by atoms with Crippen LogP contribution < -0.4 is 10.6 Å². The summed E-state index contributed by atoms with van der Waals surface area (Å²) in [7, 11) is 0. The summed E-state index contributed by atoms with van der Waals surface area (Å²) in [6, 6.07) is 17.5. The van der Waals surface area contributed by atoms with Crippen molar-refractivity contribution in [1.29, 1.82) is 0 Å². The van der Waals surface area contributed by atoms with E-state index in [1.807, 2.05) is 19.1 Å². The summed E-state index contributed by atoms with van der Waals surface area (Å²) in [5.41, 5.74) is 1.86. The van der Waals surface area contributed by atoms with E-state index in [0.717, 1.165) is 32.8 Å². The van der Waals surface area contributed by atoms with Gasteiger partial charge < -0.3 is 15.4 Å². The molecule has 2 N–H and O–H groups in total. The smallest absolute Gasteiger partial charge is 0.191 e. The first-order valence-corrected chi connectivity index (χ1v) is 9.90. The van der Waals surface area contributed by atoms with Crippen molar-refractivity contribution in [2.24, 2.45) is 4.99 Å². The van der Waals surface area contributed by atoms with Crippen LogP contribution in [0.3, 0.4) is 0 Å². The van der Waals surface area contributed by atoms with E-state index in [1.54, 1.807) is 12.1 Å². The summed E-state index contributed by atoms with van der Waals surface area (Å²) in [4.78, 5) is 7.00. The molecule has 1 aliphatic heterocycles. The van der Waals surface area contributed by atoms with Gasteiger partial charge in [0.15, 0.2) is 5.96 Å². The molecule has 1 fully saturated rings. The first-order valence-electron chi connectivity index (χ1n) is 9.90.